The first-order chi connectivity index (χ1) is 15.1. The molecular formula is C21H21FN6O3. The van der Waals surface area contributed by atoms with Crippen LogP contribution in [0.15, 0.2) is 36.8 Å². The summed E-state index contributed by atoms with van der Waals surface area (Å²) in [5, 5.41) is 8.19. The number of rotatable bonds is 5. The number of nitrogens with one attached hydrogen (secondary N) is 1. The van der Waals surface area contributed by atoms with Crippen LogP contribution in [0.3, 0.4) is 0 Å². The third-order valence-corrected chi connectivity index (χ3v) is 5.43. The monoisotopic (exact) mass is 424 g/mol. The highest BCUT2D eigenvalue weighted by molar-refractivity contribution is 5.98. The van der Waals surface area contributed by atoms with Gasteiger partial charge in [0.05, 0.1) is 37.8 Å². The number of anilines is 1. The molecule has 0 spiro atoms. The predicted molar refractivity (Wildman–Crippen MR) is 112 cm³/mol. The molecule has 4 aromatic rings. The lowest BCUT2D eigenvalue weighted by Crippen LogP contribution is -2.18. The van der Waals surface area contributed by atoms with E-state index in [9.17, 15) is 9.18 Å². The number of carbonyl (C=O) groups excluding carboxylic acids is 1. The Morgan fingerprint density at radius 3 is 3.00 bits per heavy atom. The second kappa shape index (κ2) is 7.62. The molecule has 5 heterocycles. The molecule has 0 radical (unpaired) electrons. The summed E-state index contributed by atoms with van der Waals surface area (Å²) in [4.78, 5) is 21.6. The average Bonchev–Trinajstić information content (AvgIpc) is 3.49. The van der Waals surface area contributed by atoms with E-state index >= 15 is 0 Å². The topological polar surface area (TPSA) is 95.6 Å². The summed E-state index contributed by atoms with van der Waals surface area (Å²) in [5.41, 5.74) is 2.68. The summed E-state index contributed by atoms with van der Waals surface area (Å²) in [6, 6.07) is 5.13. The Bertz CT molecular complexity index is 1280. The Hall–Kier alpha value is -3.53. The molecule has 4 aromatic heterocycles. The molecule has 0 amide bonds. The van der Waals surface area contributed by atoms with Crippen LogP contribution in [0.5, 0.6) is 0 Å². The fraction of sp³-hybridized carbons (Fsp3) is 0.333. The maximum atomic E-state index is 14.5. The third-order valence-electron chi connectivity index (χ3n) is 5.43. The third kappa shape index (κ3) is 3.10. The minimum Gasteiger partial charge on any atom is -0.462 e. The first kappa shape index (κ1) is 19.4. The highest BCUT2D eigenvalue weighted by Crippen LogP contribution is 2.35. The normalized spacial score (nSPS) is 18.7. The van der Waals surface area contributed by atoms with Crippen molar-refractivity contribution in [2.45, 2.75) is 19.1 Å². The molecule has 0 saturated carbocycles. The van der Waals surface area contributed by atoms with Crippen molar-refractivity contribution in [3.05, 3.63) is 42.4 Å². The van der Waals surface area contributed by atoms with E-state index in [0.29, 0.717) is 22.8 Å². The number of hydrogen-bond acceptors (Lipinski definition) is 7. The lowest BCUT2D eigenvalue weighted by atomic mass is 10.1. The predicted octanol–water partition coefficient (Wildman–Crippen LogP) is 2.87. The number of alkyl halides is 1. The van der Waals surface area contributed by atoms with Crippen LogP contribution in [-0.2, 0) is 9.47 Å². The van der Waals surface area contributed by atoms with Crippen LogP contribution in [0.25, 0.3) is 27.9 Å². The van der Waals surface area contributed by atoms with Gasteiger partial charge in [0.25, 0.3) is 0 Å². The smallest absolute Gasteiger partial charge is 0.343 e. The fourth-order valence-corrected chi connectivity index (χ4v) is 3.94. The Morgan fingerprint density at radius 2 is 2.26 bits per heavy atom. The van der Waals surface area contributed by atoms with Crippen LogP contribution < -0.4 is 5.32 Å². The zero-order chi connectivity index (χ0) is 21.5. The maximum Gasteiger partial charge on any atom is 0.343 e. The summed E-state index contributed by atoms with van der Waals surface area (Å²) in [6.45, 7) is 2.35. The van der Waals surface area contributed by atoms with Gasteiger partial charge in [-0.05, 0) is 19.1 Å². The van der Waals surface area contributed by atoms with Gasteiger partial charge < -0.3 is 19.4 Å². The Morgan fingerprint density at radius 1 is 1.39 bits per heavy atom. The molecule has 31 heavy (non-hydrogen) atoms. The van der Waals surface area contributed by atoms with E-state index in [4.69, 9.17) is 14.5 Å². The molecule has 1 aliphatic heterocycles. The molecule has 0 aliphatic carbocycles. The van der Waals surface area contributed by atoms with Crippen LogP contribution in [0, 0.1) is 0 Å². The zero-order valence-corrected chi connectivity index (χ0v) is 17.1. The highest BCUT2D eigenvalue weighted by atomic mass is 19.1. The number of hydrogen-bond donors (Lipinski definition) is 1. The van der Waals surface area contributed by atoms with Crippen LogP contribution >= 0.6 is 0 Å². The van der Waals surface area contributed by atoms with Crippen molar-refractivity contribution in [2.24, 2.45) is 0 Å². The van der Waals surface area contributed by atoms with E-state index in [1.54, 1.807) is 24.7 Å². The van der Waals surface area contributed by atoms with E-state index in [2.05, 4.69) is 15.4 Å². The van der Waals surface area contributed by atoms with Crippen molar-refractivity contribution in [2.75, 3.05) is 32.2 Å². The minimum absolute atomic E-state index is 0.0688. The molecule has 0 aromatic carbocycles. The average molecular weight is 424 g/mol. The summed E-state index contributed by atoms with van der Waals surface area (Å²) in [7, 11) is 1.76. The first-order valence-corrected chi connectivity index (χ1v) is 10.0. The van der Waals surface area contributed by atoms with Crippen LogP contribution in [0.1, 0.15) is 23.3 Å². The fourth-order valence-electron chi connectivity index (χ4n) is 3.94. The number of esters is 1. The number of ether oxygens (including phenoxy) is 2. The number of nitrogens with zero attached hydrogens (tertiary/aromatic N) is 5. The van der Waals surface area contributed by atoms with Crippen molar-refractivity contribution in [1.82, 2.24) is 24.1 Å². The molecule has 0 unspecified atom stereocenters. The van der Waals surface area contributed by atoms with Crippen LogP contribution in [0.4, 0.5) is 10.2 Å². The lowest BCUT2D eigenvalue weighted by molar-refractivity contribution is 0.0528. The number of pyridine rings is 1. The quantitative estimate of drug-likeness (QED) is 0.492. The van der Waals surface area contributed by atoms with Crippen molar-refractivity contribution in [3.8, 4) is 11.3 Å². The van der Waals surface area contributed by atoms with Gasteiger partial charge in [0.1, 0.15) is 23.2 Å². The SMILES string of the molecule is CCOC(=O)c1cnn2c(NC)cc(-c3cn([C@@H]4COC[C@@H]4F)c4ncccc34)nc12. The molecule has 2 atom stereocenters. The summed E-state index contributed by atoms with van der Waals surface area (Å²) < 4.78 is 28.3. The molecule has 0 bridgehead atoms. The van der Waals surface area contributed by atoms with Gasteiger partial charge >= 0.3 is 5.97 Å². The summed E-state index contributed by atoms with van der Waals surface area (Å²) in [6.07, 6.45) is 3.86. The van der Waals surface area contributed by atoms with Gasteiger partial charge in [-0.25, -0.2) is 19.2 Å². The number of fused-ring (bicyclic) bond motifs is 2. The zero-order valence-electron chi connectivity index (χ0n) is 17.1. The molecular weight excluding hydrogens is 403 g/mol. The summed E-state index contributed by atoms with van der Waals surface area (Å²) >= 11 is 0. The maximum absolute atomic E-state index is 14.5. The van der Waals surface area contributed by atoms with Gasteiger partial charge in [0, 0.05) is 36.5 Å². The van der Waals surface area contributed by atoms with Gasteiger partial charge in [0.15, 0.2) is 5.65 Å². The van der Waals surface area contributed by atoms with Crippen LogP contribution in [-0.4, -0.2) is 63.2 Å². The van der Waals surface area contributed by atoms with Gasteiger partial charge in [-0.15, -0.1) is 0 Å². The second-order valence-corrected chi connectivity index (χ2v) is 7.24. The largest absolute Gasteiger partial charge is 0.462 e. The molecule has 1 saturated heterocycles. The number of halogens is 1. The number of aromatic nitrogens is 5. The standard InChI is InChI=1S/C21H21FN6O3/c1-3-31-21(29)13-8-25-28-18(23-2)7-16(26-20(13)28)14-9-27(17-11-30-10-15(17)22)19-12(14)5-4-6-24-19/h4-9,15,17,23H,3,10-11H2,1-2H3/t15-,17+/m0/s1. The van der Waals surface area contributed by atoms with E-state index in [1.165, 1.54) is 6.20 Å². The highest BCUT2D eigenvalue weighted by Gasteiger charge is 2.31. The van der Waals surface area contributed by atoms with Gasteiger partial charge in [-0.1, -0.05) is 0 Å². The van der Waals surface area contributed by atoms with E-state index in [1.807, 2.05) is 29.0 Å². The first-order valence-electron chi connectivity index (χ1n) is 10.0. The molecule has 1 fully saturated rings. The second-order valence-electron chi connectivity index (χ2n) is 7.24. The van der Waals surface area contributed by atoms with E-state index in [-0.39, 0.29) is 25.4 Å². The molecule has 160 valence electrons. The van der Waals surface area contributed by atoms with Gasteiger partial charge in [-0.3, -0.25) is 0 Å². The number of carbonyl (C=O) groups is 1. The molecule has 5 rings (SSSR count). The minimum atomic E-state index is -1.11. The van der Waals surface area contributed by atoms with Crippen molar-refractivity contribution >= 4 is 28.5 Å². The molecule has 1 N–H and O–H groups in total. The van der Waals surface area contributed by atoms with Crippen LogP contribution in [0.2, 0.25) is 0 Å². The Kier molecular flexibility index (Phi) is 4.78. The van der Waals surface area contributed by atoms with Gasteiger partial charge in [-0.2, -0.15) is 9.61 Å². The van der Waals surface area contributed by atoms with Crippen molar-refractivity contribution in [3.63, 3.8) is 0 Å². The van der Waals surface area contributed by atoms with E-state index in [0.717, 1.165) is 10.9 Å². The molecule has 10 heteroatoms. The summed E-state index contributed by atoms with van der Waals surface area (Å²) in [5.74, 6) is 0.157. The Labute approximate surface area is 176 Å². The Balaban J connectivity index is 1.72. The lowest BCUT2D eigenvalue weighted by Gasteiger charge is -2.13. The molecule has 9 nitrogen and oxygen atoms in total. The van der Waals surface area contributed by atoms with Crippen molar-refractivity contribution < 1.29 is 18.7 Å². The van der Waals surface area contributed by atoms with Crippen molar-refractivity contribution in [1.29, 1.82) is 0 Å². The van der Waals surface area contributed by atoms with Gasteiger partial charge in [0.2, 0.25) is 0 Å². The van der Waals surface area contributed by atoms with E-state index < -0.39 is 18.2 Å². The molecule has 1 aliphatic rings.